The monoisotopic (exact) mass is 302 g/mol. The van der Waals surface area contributed by atoms with Crippen molar-refractivity contribution in [2.24, 2.45) is 0 Å². The zero-order chi connectivity index (χ0) is 16.0. The maximum Gasteiger partial charge on any atom is 0.181 e. The minimum absolute atomic E-state index is 0.0148. The summed E-state index contributed by atoms with van der Waals surface area (Å²) in [5.74, 6) is -1.93. The van der Waals surface area contributed by atoms with Crippen LogP contribution in [0.3, 0.4) is 0 Å². The second kappa shape index (κ2) is 4.84. The van der Waals surface area contributed by atoms with E-state index in [1.807, 2.05) is 0 Å². The van der Waals surface area contributed by atoms with Crippen LogP contribution in [0, 0.1) is 6.92 Å². The molecular formula is C16H14O6. The lowest BCUT2D eigenvalue weighted by Crippen LogP contribution is -2.26. The van der Waals surface area contributed by atoms with Gasteiger partial charge < -0.3 is 25.2 Å². The Labute approximate surface area is 125 Å². The van der Waals surface area contributed by atoms with Gasteiger partial charge in [0.25, 0.3) is 0 Å². The highest BCUT2D eigenvalue weighted by Crippen LogP contribution is 2.44. The smallest absolute Gasteiger partial charge is 0.181 e. The second-order valence-electron chi connectivity index (χ2n) is 5.21. The third-order valence-electron chi connectivity index (χ3n) is 3.85. The molecule has 0 bridgehead atoms. The van der Waals surface area contributed by atoms with Crippen LogP contribution < -0.4 is 4.74 Å². The molecule has 2 aromatic rings. The van der Waals surface area contributed by atoms with Crippen molar-refractivity contribution >= 4 is 5.78 Å². The summed E-state index contributed by atoms with van der Waals surface area (Å²) in [6.45, 7) is 1.45. The largest absolute Gasteiger partial charge is 0.508 e. The molecule has 1 unspecified atom stereocenters. The summed E-state index contributed by atoms with van der Waals surface area (Å²) >= 11 is 0. The second-order valence-corrected chi connectivity index (χ2v) is 5.21. The van der Waals surface area contributed by atoms with Crippen molar-refractivity contribution in [1.29, 1.82) is 0 Å². The van der Waals surface area contributed by atoms with Crippen LogP contribution in [-0.2, 0) is 0 Å². The number of phenolic OH excluding ortho intramolecular Hbond substituents is 4. The molecular weight excluding hydrogens is 288 g/mol. The van der Waals surface area contributed by atoms with Crippen LogP contribution in [0.1, 0.15) is 27.4 Å². The first-order chi connectivity index (χ1) is 10.4. The first kappa shape index (κ1) is 14.1. The summed E-state index contributed by atoms with van der Waals surface area (Å²) in [5, 5.41) is 39.0. The molecule has 1 aliphatic rings. The highest BCUT2D eigenvalue weighted by Gasteiger charge is 2.35. The molecule has 114 valence electrons. The molecule has 1 aliphatic heterocycles. The highest BCUT2D eigenvalue weighted by atomic mass is 16.5. The van der Waals surface area contributed by atoms with Crippen molar-refractivity contribution in [2.45, 2.75) is 12.8 Å². The molecule has 1 atom stereocenters. The van der Waals surface area contributed by atoms with Crippen LogP contribution >= 0.6 is 0 Å². The van der Waals surface area contributed by atoms with Crippen molar-refractivity contribution in [2.75, 3.05) is 6.61 Å². The molecule has 0 aromatic heterocycles. The van der Waals surface area contributed by atoms with Gasteiger partial charge in [0.15, 0.2) is 5.78 Å². The van der Waals surface area contributed by atoms with Gasteiger partial charge in [0.05, 0.1) is 5.92 Å². The molecule has 0 spiro atoms. The third-order valence-corrected chi connectivity index (χ3v) is 3.85. The first-order valence-electron chi connectivity index (χ1n) is 6.64. The first-order valence-corrected chi connectivity index (χ1v) is 6.64. The fourth-order valence-electron chi connectivity index (χ4n) is 2.56. The van der Waals surface area contributed by atoms with Gasteiger partial charge in [-0.2, -0.15) is 0 Å². The van der Waals surface area contributed by atoms with Gasteiger partial charge >= 0.3 is 0 Å². The van der Waals surface area contributed by atoms with Crippen molar-refractivity contribution in [3.05, 3.63) is 41.0 Å². The Morgan fingerprint density at radius 1 is 1.09 bits per heavy atom. The number of carbonyl (C=O) groups is 1. The SMILES string of the molecule is Cc1c(O)cc2c(c1O)C(=O)C(c1ccc(O)cc1O)CO2. The van der Waals surface area contributed by atoms with Crippen LogP contribution in [0.25, 0.3) is 0 Å². The van der Waals surface area contributed by atoms with E-state index in [4.69, 9.17) is 4.74 Å². The van der Waals surface area contributed by atoms with Crippen molar-refractivity contribution < 1.29 is 30.0 Å². The van der Waals surface area contributed by atoms with Crippen molar-refractivity contribution in [3.63, 3.8) is 0 Å². The number of fused-ring (bicyclic) bond motifs is 1. The topological polar surface area (TPSA) is 107 Å². The molecule has 4 N–H and O–H groups in total. The standard InChI is InChI=1S/C16H14O6/c1-7-11(18)5-13-14(15(7)20)16(21)10(6-22-13)9-3-2-8(17)4-12(9)19/h2-5,10,17-20H,6H2,1H3. The highest BCUT2D eigenvalue weighted by molar-refractivity contribution is 6.07. The lowest BCUT2D eigenvalue weighted by molar-refractivity contribution is 0.0889. The molecule has 0 amide bonds. The molecule has 22 heavy (non-hydrogen) atoms. The van der Waals surface area contributed by atoms with E-state index in [9.17, 15) is 25.2 Å². The van der Waals surface area contributed by atoms with E-state index in [2.05, 4.69) is 0 Å². The van der Waals surface area contributed by atoms with Gasteiger partial charge in [-0.05, 0) is 13.0 Å². The molecule has 2 aromatic carbocycles. The number of phenols is 4. The van der Waals surface area contributed by atoms with Gasteiger partial charge in [-0.1, -0.05) is 6.07 Å². The number of ether oxygens (including phenoxy) is 1. The molecule has 6 nitrogen and oxygen atoms in total. The van der Waals surface area contributed by atoms with Gasteiger partial charge in [-0.25, -0.2) is 0 Å². The Bertz CT molecular complexity index is 781. The van der Waals surface area contributed by atoms with E-state index in [-0.39, 0.29) is 46.5 Å². The molecule has 0 saturated carbocycles. The molecule has 1 heterocycles. The van der Waals surface area contributed by atoms with E-state index >= 15 is 0 Å². The summed E-state index contributed by atoms with van der Waals surface area (Å²) < 4.78 is 5.45. The van der Waals surface area contributed by atoms with E-state index in [1.54, 1.807) is 0 Å². The molecule has 0 aliphatic carbocycles. The normalized spacial score (nSPS) is 17.0. The Kier molecular flexibility index (Phi) is 3.09. The summed E-state index contributed by atoms with van der Waals surface area (Å²) in [6, 6.07) is 5.22. The Hall–Kier alpha value is -2.89. The minimum atomic E-state index is -0.803. The van der Waals surface area contributed by atoms with E-state index in [1.165, 1.54) is 25.1 Å². The number of aromatic hydroxyl groups is 4. The zero-order valence-corrected chi connectivity index (χ0v) is 11.7. The summed E-state index contributed by atoms with van der Waals surface area (Å²) in [4.78, 5) is 12.6. The van der Waals surface area contributed by atoms with Crippen LogP contribution in [-0.4, -0.2) is 32.8 Å². The van der Waals surface area contributed by atoms with E-state index < -0.39 is 11.7 Å². The fourth-order valence-corrected chi connectivity index (χ4v) is 2.56. The van der Waals surface area contributed by atoms with Gasteiger partial charge in [-0.3, -0.25) is 4.79 Å². The lowest BCUT2D eigenvalue weighted by atomic mass is 9.87. The number of hydrogen-bond donors (Lipinski definition) is 4. The number of carbonyl (C=O) groups excluding carboxylic acids is 1. The maximum atomic E-state index is 12.6. The lowest BCUT2D eigenvalue weighted by Gasteiger charge is -2.26. The van der Waals surface area contributed by atoms with Crippen molar-refractivity contribution in [3.8, 4) is 28.7 Å². The van der Waals surface area contributed by atoms with E-state index in [0.29, 0.717) is 5.56 Å². The van der Waals surface area contributed by atoms with Crippen molar-refractivity contribution in [1.82, 2.24) is 0 Å². The molecule has 6 heteroatoms. The minimum Gasteiger partial charge on any atom is -0.508 e. The Morgan fingerprint density at radius 2 is 1.82 bits per heavy atom. The Morgan fingerprint density at radius 3 is 2.50 bits per heavy atom. The van der Waals surface area contributed by atoms with Gasteiger partial charge in [0.2, 0.25) is 0 Å². The number of ketones is 1. The summed E-state index contributed by atoms with van der Waals surface area (Å²) in [6.07, 6.45) is 0. The number of benzene rings is 2. The van der Waals surface area contributed by atoms with Crippen LogP contribution in [0.5, 0.6) is 28.7 Å². The molecule has 0 saturated heterocycles. The van der Waals surface area contributed by atoms with E-state index in [0.717, 1.165) is 6.07 Å². The molecule has 3 rings (SSSR count). The molecule has 0 radical (unpaired) electrons. The van der Waals surface area contributed by atoms with Gasteiger partial charge in [-0.15, -0.1) is 0 Å². The predicted octanol–water partition coefficient (Wildman–Crippen LogP) is 2.18. The number of Topliss-reactive ketones (excluding diaryl/α,β-unsaturated/α-hetero) is 1. The van der Waals surface area contributed by atoms with Crippen LogP contribution in [0.15, 0.2) is 24.3 Å². The number of rotatable bonds is 1. The third kappa shape index (κ3) is 2.00. The fraction of sp³-hybridized carbons (Fsp3) is 0.188. The van der Waals surface area contributed by atoms with Crippen LogP contribution in [0.4, 0.5) is 0 Å². The van der Waals surface area contributed by atoms with Crippen LogP contribution in [0.2, 0.25) is 0 Å². The number of hydrogen-bond acceptors (Lipinski definition) is 6. The summed E-state index contributed by atoms with van der Waals surface area (Å²) in [7, 11) is 0. The Balaban J connectivity index is 2.10. The van der Waals surface area contributed by atoms with Gasteiger partial charge in [0, 0.05) is 23.3 Å². The average Bonchev–Trinajstić information content (AvgIpc) is 2.46. The predicted molar refractivity (Wildman–Crippen MR) is 76.8 cm³/mol. The maximum absolute atomic E-state index is 12.6. The molecule has 0 fully saturated rings. The quantitative estimate of drug-likeness (QED) is 0.643. The van der Waals surface area contributed by atoms with Gasteiger partial charge in [0.1, 0.15) is 40.9 Å². The average molecular weight is 302 g/mol. The zero-order valence-electron chi connectivity index (χ0n) is 11.7. The summed E-state index contributed by atoms with van der Waals surface area (Å²) in [5.41, 5.74) is 0.476.